The maximum Gasteiger partial charge on any atom is 0.0541 e. The molecule has 1 aliphatic rings. The van der Waals surface area contributed by atoms with Gasteiger partial charge >= 0.3 is 0 Å². The van der Waals surface area contributed by atoms with Gasteiger partial charge in [-0.15, -0.1) is 0 Å². The summed E-state index contributed by atoms with van der Waals surface area (Å²) in [6.07, 6.45) is 0. The van der Waals surface area contributed by atoms with E-state index in [4.69, 9.17) is 0 Å². The highest BCUT2D eigenvalue weighted by molar-refractivity contribution is 6.10. The quantitative estimate of drug-likeness (QED) is 0.167. The van der Waals surface area contributed by atoms with Crippen LogP contribution in [-0.2, 0) is 5.41 Å². The van der Waals surface area contributed by atoms with Crippen LogP contribution >= 0.6 is 0 Å². The van der Waals surface area contributed by atoms with Gasteiger partial charge in [0.1, 0.15) is 0 Å². The van der Waals surface area contributed by atoms with Crippen LogP contribution in [0.2, 0.25) is 0 Å². The Bertz CT molecular complexity index is 2850. The molecule has 0 unspecified atom stereocenters. The number of hydrogen-bond donors (Lipinski definition) is 0. The minimum atomic E-state index is -0.0913. The first-order valence-electron chi connectivity index (χ1n) is 18.9. The van der Waals surface area contributed by atoms with Gasteiger partial charge < -0.3 is 9.47 Å². The molecule has 0 fully saturated rings. The molecule has 0 saturated heterocycles. The molecule has 0 atom stereocenters. The predicted octanol–water partition coefficient (Wildman–Crippen LogP) is 15.1. The molecule has 10 rings (SSSR count). The van der Waals surface area contributed by atoms with Crippen molar-refractivity contribution in [2.24, 2.45) is 0 Å². The van der Waals surface area contributed by atoms with Gasteiger partial charge in [0.05, 0.1) is 11.0 Å². The summed E-state index contributed by atoms with van der Waals surface area (Å²) < 4.78 is 2.38. The average Bonchev–Trinajstić information content (AvgIpc) is 3.67. The number of aryl methyl sites for hydroxylation is 1. The number of aromatic nitrogens is 1. The first kappa shape index (κ1) is 34.1. The number of anilines is 3. The molecule has 0 amide bonds. The number of rotatable bonds is 6. The molecule has 2 heteroatoms. The monoisotopic (exact) mass is 710 g/mol. The van der Waals surface area contributed by atoms with E-state index in [0.717, 1.165) is 11.4 Å². The lowest BCUT2D eigenvalue weighted by molar-refractivity contribution is 0.660. The standard InChI is InChI=1S/C52H40N2.CH4.H2/c1-35-32-38(39-25-31-51-46(33-39)45-19-11-13-21-50(45)54(51)40-16-8-5-9-17-40)24-30-49(35)53(41-26-22-37(23-27-41)36-14-6-4-7-15-36)42-28-29-44-43-18-10-12-20-47(43)52(2,3)48(44)34-42;;/h4-34H,1-3H3;1H4;1H. The van der Waals surface area contributed by atoms with Gasteiger partial charge in [-0.1, -0.05) is 143 Å². The molecule has 268 valence electrons. The van der Waals surface area contributed by atoms with Gasteiger partial charge in [-0.3, -0.25) is 0 Å². The largest absolute Gasteiger partial charge is 0.310 e. The van der Waals surface area contributed by atoms with Crippen LogP contribution < -0.4 is 4.90 Å². The SMILES string of the molecule is C.Cc1cc(-c2ccc3c(c2)c2ccccc2n3-c2ccccc2)ccc1N(c1ccc(-c2ccccc2)cc1)c1ccc2c(c1)C(C)(C)c1ccccc1-2.[HH]. The maximum absolute atomic E-state index is 2.43. The number of para-hydroxylation sites is 2. The van der Waals surface area contributed by atoms with E-state index in [9.17, 15) is 0 Å². The molecular formula is C53H46N2. The summed E-state index contributed by atoms with van der Waals surface area (Å²) in [5, 5.41) is 2.52. The fraction of sp³-hybridized carbons (Fsp3) is 0.0943. The third kappa shape index (κ3) is 5.56. The van der Waals surface area contributed by atoms with E-state index in [1.54, 1.807) is 0 Å². The number of fused-ring (bicyclic) bond motifs is 6. The van der Waals surface area contributed by atoms with Crippen LogP contribution in [0.15, 0.2) is 188 Å². The normalized spacial score (nSPS) is 12.6. The van der Waals surface area contributed by atoms with Gasteiger partial charge in [0.25, 0.3) is 0 Å². The average molecular weight is 711 g/mol. The molecule has 1 aromatic heterocycles. The number of benzene rings is 8. The van der Waals surface area contributed by atoms with E-state index in [1.807, 2.05) is 0 Å². The first-order valence-corrected chi connectivity index (χ1v) is 18.9. The van der Waals surface area contributed by atoms with Gasteiger partial charge in [-0.05, 0) is 124 Å². The number of nitrogens with zero attached hydrogens (tertiary/aromatic N) is 2. The van der Waals surface area contributed by atoms with Crippen molar-refractivity contribution in [2.45, 2.75) is 33.6 Å². The van der Waals surface area contributed by atoms with Gasteiger partial charge in [0.15, 0.2) is 0 Å². The van der Waals surface area contributed by atoms with Crippen molar-refractivity contribution < 1.29 is 1.43 Å². The summed E-state index contributed by atoms with van der Waals surface area (Å²) in [7, 11) is 0. The predicted molar refractivity (Wildman–Crippen MR) is 237 cm³/mol. The van der Waals surface area contributed by atoms with Crippen molar-refractivity contribution in [3.8, 4) is 39.1 Å². The Balaban J connectivity index is 0.00000220. The molecule has 1 aliphatic carbocycles. The van der Waals surface area contributed by atoms with Crippen LogP contribution in [-0.4, -0.2) is 4.57 Å². The summed E-state index contributed by atoms with van der Waals surface area (Å²) in [6, 6.07) is 68.8. The van der Waals surface area contributed by atoms with Crippen LogP contribution in [0.5, 0.6) is 0 Å². The van der Waals surface area contributed by atoms with E-state index in [-0.39, 0.29) is 14.3 Å². The molecule has 8 aromatic carbocycles. The molecule has 0 aliphatic heterocycles. The van der Waals surface area contributed by atoms with E-state index >= 15 is 0 Å². The van der Waals surface area contributed by atoms with E-state index in [1.165, 1.54) is 83.3 Å². The molecule has 0 saturated carbocycles. The third-order valence-electron chi connectivity index (χ3n) is 11.5. The molecular weight excluding hydrogens is 665 g/mol. The zero-order valence-electron chi connectivity index (χ0n) is 30.8. The molecule has 0 spiro atoms. The third-order valence-corrected chi connectivity index (χ3v) is 11.5. The van der Waals surface area contributed by atoms with Crippen molar-refractivity contribution in [2.75, 3.05) is 4.90 Å². The minimum Gasteiger partial charge on any atom is -0.310 e. The van der Waals surface area contributed by atoms with Gasteiger partial charge in [0.2, 0.25) is 0 Å². The van der Waals surface area contributed by atoms with Gasteiger partial charge in [-0.25, -0.2) is 0 Å². The van der Waals surface area contributed by atoms with E-state index < -0.39 is 0 Å². The van der Waals surface area contributed by atoms with Crippen molar-refractivity contribution >= 4 is 38.9 Å². The zero-order chi connectivity index (χ0) is 36.4. The summed E-state index contributed by atoms with van der Waals surface area (Å²) >= 11 is 0. The highest BCUT2D eigenvalue weighted by Crippen LogP contribution is 2.51. The highest BCUT2D eigenvalue weighted by atomic mass is 15.1. The first-order chi connectivity index (χ1) is 26.5. The maximum atomic E-state index is 2.43. The van der Waals surface area contributed by atoms with Crippen LogP contribution in [0.25, 0.3) is 60.9 Å². The second kappa shape index (κ2) is 13.3. The van der Waals surface area contributed by atoms with Crippen molar-refractivity contribution in [1.82, 2.24) is 4.57 Å². The van der Waals surface area contributed by atoms with Crippen LogP contribution in [0.4, 0.5) is 17.1 Å². The molecule has 9 aromatic rings. The smallest absolute Gasteiger partial charge is 0.0541 e. The Morgan fingerprint density at radius 3 is 1.82 bits per heavy atom. The lowest BCUT2D eigenvalue weighted by Crippen LogP contribution is -2.17. The lowest BCUT2D eigenvalue weighted by Gasteiger charge is -2.29. The zero-order valence-corrected chi connectivity index (χ0v) is 30.8. The topological polar surface area (TPSA) is 8.17 Å². The Kier molecular flexibility index (Phi) is 8.28. The van der Waals surface area contributed by atoms with Crippen LogP contribution in [0.1, 0.15) is 39.4 Å². The molecule has 55 heavy (non-hydrogen) atoms. The second-order valence-corrected chi connectivity index (χ2v) is 15.1. The summed E-state index contributed by atoms with van der Waals surface area (Å²) in [5.74, 6) is 0. The van der Waals surface area contributed by atoms with Crippen LogP contribution in [0.3, 0.4) is 0 Å². The molecule has 0 bridgehead atoms. The fourth-order valence-electron chi connectivity index (χ4n) is 8.79. The fourth-order valence-corrected chi connectivity index (χ4v) is 8.79. The summed E-state index contributed by atoms with van der Waals surface area (Å²) in [5.41, 5.74) is 18.5. The second-order valence-electron chi connectivity index (χ2n) is 15.1. The summed E-state index contributed by atoms with van der Waals surface area (Å²) in [4.78, 5) is 2.43. The van der Waals surface area contributed by atoms with Crippen molar-refractivity contribution in [3.63, 3.8) is 0 Å². The Morgan fingerprint density at radius 1 is 0.455 bits per heavy atom. The Hall–Kier alpha value is -6.64. The molecule has 2 nitrogen and oxygen atoms in total. The molecule has 0 N–H and O–H groups in total. The lowest BCUT2D eigenvalue weighted by atomic mass is 9.82. The van der Waals surface area contributed by atoms with Crippen molar-refractivity contribution in [1.29, 1.82) is 0 Å². The Morgan fingerprint density at radius 2 is 1.04 bits per heavy atom. The van der Waals surface area contributed by atoms with Gasteiger partial charge in [-0.2, -0.15) is 0 Å². The molecule has 1 heterocycles. The summed E-state index contributed by atoms with van der Waals surface area (Å²) in [6.45, 7) is 6.96. The van der Waals surface area contributed by atoms with E-state index in [0.29, 0.717) is 0 Å². The number of hydrogen-bond acceptors (Lipinski definition) is 1. The van der Waals surface area contributed by atoms with Crippen molar-refractivity contribution in [3.05, 3.63) is 205 Å². The Labute approximate surface area is 326 Å². The highest BCUT2D eigenvalue weighted by Gasteiger charge is 2.35. The van der Waals surface area contributed by atoms with E-state index in [2.05, 4.69) is 218 Å². The molecule has 0 radical (unpaired) electrons. The van der Waals surface area contributed by atoms with Crippen LogP contribution in [0, 0.1) is 6.92 Å². The minimum absolute atomic E-state index is 0. The van der Waals surface area contributed by atoms with Gasteiger partial charge in [0, 0.05) is 40.4 Å².